The number of likely N-dealkylation sites (tertiary alicyclic amines) is 1. The molecule has 2 aliphatic heterocycles. The van der Waals surface area contributed by atoms with E-state index in [-0.39, 0.29) is 17.9 Å². The van der Waals surface area contributed by atoms with Crippen molar-refractivity contribution in [2.75, 3.05) is 31.5 Å². The Balaban J connectivity index is 1.24. The van der Waals surface area contributed by atoms with Crippen LogP contribution in [0.5, 0.6) is 11.6 Å². The molecule has 6 rings (SSSR count). The van der Waals surface area contributed by atoms with Gasteiger partial charge >= 0.3 is 6.09 Å². The van der Waals surface area contributed by atoms with Gasteiger partial charge in [0.1, 0.15) is 11.4 Å². The van der Waals surface area contributed by atoms with Gasteiger partial charge in [-0.3, -0.25) is 0 Å². The van der Waals surface area contributed by atoms with Gasteiger partial charge in [-0.05, 0) is 88.1 Å². The van der Waals surface area contributed by atoms with E-state index in [0.29, 0.717) is 55.0 Å². The molecule has 2 aliphatic rings. The third-order valence-corrected chi connectivity index (χ3v) is 10.2. The summed E-state index contributed by atoms with van der Waals surface area (Å²) in [4.78, 5) is 28.2. The van der Waals surface area contributed by atoms with Gasteiger partial charge in [0, 0.05) is 50.0 Å². The lowest BCUT2D eigenvalue weighted by Crippen LogP contribution is -2.47. The molecule has 4 heterocycles. The lowest BCUT2D eigenvalue weighted by Gasteiger charge is -2.34. The smallest absolute Gasteiger partial charge is 0.410 e. The number of pyridine rings is 1. The summed E-state index contributed by atoms with van der Waals surface area (Å²) < 4.78 is 40.1. The summed E-state index contributed by atoms with van der Waals surface area (Å²) in [6.07, 6.45) is 6.54. The maximum Gasteiger partial charge on any atom is 0.410 e. The fourth-order valence-corrected chi connectivity index (χ4v) is 7.77. The normalized spacial score (nSPS) is 17.5. The van der Waals surface area contributed by atoms with E-state index in [0.717, 1.165) is 47.6 Å². The molecule has 0 aliphatic carbocycles. The minimum Gasteiger partial charge on any atom is -0.444 e. The number of carbonyl (C=O) groups is 1. The van der Waals surface area contributed by atoms with Crippen LogP contribution in [0.1, 0.15) is 57.6 Å². The van der Waals surface area contributed by atoms with Crippen LogP contribution < -0.4 is 10.1 Å². The van der Waals surface area contributed by atoms with Crippen LogP contribution in [0.25, 0.3) is 22.0 Å². The summed E-state index contributed by atoms with van der Waals surface area (Å²) >= 11 is 0. The Kier molecular flexibility index (Phi) is 9.34. The predicted octanol–water partition coefficient (Wildman–Crippen LogP) is 6.53. The molecule has 11 nitrogen and oxygen atoms in total. The van der Waals surface area contributed by atoms with Crippen molar-refractivity contribution in [3.8, 4) is 22.9 Å². The van der Waals surface area contributed by atoms with Crippen LogP contribution in [0, 0.1) is 6.92 Å². The van der Waals surface area contributed by atoms with Crippen LogP contribution in [0.15, 0.2) is 60.9 Å². The highest BCUT2D eigenvalue weighted by molar-refractivity contribution is 7.88. The number of ether oxygens (including phenoxy) is 2. The molecule has 0 radical (unpaired) electrons. The van der Waals surface area contributed by atoms with Gasteiger partial charge < -0.3 is 19.7 Å². The fourth-order valence-electron chi connectivity index (χ4n) is 6.13. The highest BCUT2D eigenvalue weighted by atomic mass is 32.2. The number of benzene rings is 2. The number of nitrogens with one attached hydrogen (secondary N) is 1. The van der Waals surface area contributed by atoms with Gasteiger partial charge in [0.05, 0.1) is 17.0 Å². The molecule has 248 valence electrons. The van der Waals surface area contributed by atoms with E-state index in [1.54, 1.807) is 27.7 Å². The molecular weight excluding hydrogens is 616 g/mol. The van der Waals surface area contributed by atoms with E-state index >= 15 is 0 Å². The van der Waals surface area contributed by atoms with Gasteiger partial charge in [0.15, 0.2) is 0 Å². The first kappa shape index (κ1) is 32.6. The molecule has 2 saturated heterocycles. The SMILES string of the molecule is Cc1ccc2c(CS(=O)(=O)N3CCCC3)cccc2c1Oc1ncccc1-c1ccnc(N[C@H]2CCCN(C(=O)OC(C)(C)C)C2)n1. The standard InChI is InChI=1S/C35H42N6O5S/c1-24-14-15-27-25(23-47(43,44)41-20-5-6-21-41)10-7-12-28(27)31(24)45-32-29(13-8-17-36-32)30-16-18-37-33(39-30)38-26-11-9-19-40(22-26)34(42)46-35(2,3)4/h7-8,10,12-18,26H,5-6,9,11,19-23H2,1-4H3,(H,37,38,39)/t26-/m0/s1. The first-order valence-corrected chi connectivity index (χ1v) is 17.8. The Hall–Kier alpha value is -4.29. The number of fused-ring (bicyclic) bond motifs is 1. The summed E-state index contributed by atoms with van der Waals surface area (Å²) in [7, 11) is -3.42. The van der Waals surface area contributed by atoms with Crippen molar-refractivity contribution in [3.63, 3.8) is 0 Å². The number of nitrogens with zero attached hydrogens (tertiary/aromatic N) is 5. The summed E-state index contributed by atoms with van der Waals surface area (Å²) in [6.45, 7) is 9.84. The minimum absolute atomic E-state index is 0.0297. The largest absolute Gasteiger partial charge is 0.444 e. The van der Waals surface area contributed by atoms with Crippen molar-refractivity contribution >= 4 is 32.8 Å². The zero-order chi connectivity index (χ0) is 33.2. The van der Waals surface area contributed by atoms with E-state index in [1.165, 1.54) is 0 Å². The van der Waals surface area contributed by atoms with Crippen LogP contribution in [0.2, 0.25) is 0 Å². The molecule has 2 fully saturated rings. The van der Waals surface area contributed by atoms with Crippen LogP contribution in [-0.2, 0) is 20.5 Å². The highest BCUT2D eigenvalue weighted by Crippen LogP contribution is 2.38. The number of hydrogen-bond donors (Lipinski definition) is 1. The summed E-state index contributed by atoms with van der Waals surface area (Å²) in [6, 6.07) is 15.1. The molecule has 1 atom stereocenters. The maximum atomic E-state index is 13.2. The number of hydrogen-bond acceptors (Lipinski definition) is 9. The van der Waals surface area contributed by atoms with E-state index in [1.807, 2.05) is 70.2 Å². The molecule has 12 heteroatoms. The van der Waals surface area contributed by atoms with Gasteiger partial charge in [-0.15, -0.1) is 0 Å². The van der Waals surface area contributed by atoms with Gasteiger partial charge in [-0.1, -0.05) is 30.3 Å². The van der Waals surface area contributed by atoms with Crippen LogP contribution in [0.3, 0.4) is 0 Å². The van der Waals surface area contributed by atoms with E-state index in [9.17, 15) is 13.2 Å². The third kappa shape index (κ3) is 7.65. The van der Waals surface area contributed by atoms with Gasteiger partial charge in [0.25, 0.3) is 0 Å². The second kappa shape index (κ2) is 13.4. The van der Waals surface area contributed by atoms with Crippen LogP contribution >= 0.6 is 0 Å². The summed E-state index contributed by atoms with van der Waals surface area (Å²) in [5.74, 6) is 1.37. The van der Waals surface area contributed by atoms with Crippen molar-refractivity contribution < 1.29 is 22.7 Å². The number of aromatic nitrogens is 3. The molecule has 1 N–H and O–H groups in total. The second-order valence-corrected chi connectivity index (χ2v) is 15.2. The monoisotopic (exact) mass is 658 g/mol. The molecule has 0 unspecified atom stereocenters. The first-order chi connectivity index (χ1) is 22.5. The van der Waals surface area contributed by atoms with Crippen molar-refractivity contribution in [3.05, 3.63) is 72.1 Å². The molecule has 4 aromatic rings. The number of sulfonamides is 1. The van der Waals surface area contributed by atoms with Gasteiger partial charge in [-0.25, -0.2) is 32.5 Å². The molecule has 1 amide bonds. The van der Waals surface area contributed by atoms with Crippen LogP contribution in [-0.4, -0.2) is 76.5 Å². The number of piperidine rings is 1. The summed E-state index contributed by atoms with van der Waals surface area (Å²) in [5.41, 5.74) is 2.38. The number of carbonyl (C=O) groups excluding carboxylic acids is 1. The Bertz CT molecular complexity index is 1870. The van der Waals surface area contributed by atoms with Crippen molar-refractivity contribution in [2.24, 2.45) is 0 Å². The van der Waals surface area contributed by atoms with E-state index in [2.05, 4.69) is 15.3 Å². The molecule has 47 heavy (non-hydrogen) atoms. The lowest BCUT2D eigenvalue weighted by molar-refractivity contribution is 0.0206. The Morgan fingerprint density at radius 2 is 1.77 bits per heavy atom. The fraction of sp³-hybridized carbons (Fsp3) is 0.429. The first-order valence-electron chi connectivity index (χ1n) is 16.2. The molecule has 2 aromatic heterocycles. The molecular formula is C35H42N6O5S. The Labute approximate surface area is 276 Å². The van der Waals surface area contributed by atoms with Gasteiger partial charge in [-0.2, -0.15) is 0 Å². The van der Waals surface area contributed by atoms with Crippen molar-refractivity contribution in [2.45, 2.75) is 70.8 Å². The predicted molar refractivity (Wildman–Crippen MR) is 182 cm³/mol. The quantitative estimate of drug-likeness (QED) is 0.225. The van der Waals surface area contributed by atoms with Crippen molar-refractivity contribution in [1.82, 2.24) is 24.2 Å². The zero-order valence-corrected chi connectivity index (χ0v) is 28.2. The number of aryl methyl sites for hydroxylation is 1. The third-order valence-electron chi connectivity index (χ3n) is 8.40. The van der Waals surface area contributed by atoms with Gasteiger partial charge in [0.2, 0.25) is 21.9 Å². The molecule has 0 spiro atoms. The summed E-state index contributed by atoms with van der Waals surface area (Å²) in [5, 5.41) is 5.04. The number of anilines is 1. The Morgan fingerprint density at radius 3 is 2.55 bits per heavy atom. The molecule has 0 saturated carbocycles. The maximum absolute atomic E-state index is 13.2. The number of rotatable bonds is 8. The molecule has 0 bridgehead atoms. The minimum atomic E-state index is -3.42. The van der Waals surface area contributed by atoms with E-state index in [4.69, 9.17) is 14.5 Å². The average molecular weight is 659 g/mol. The van der Waals surface area contributed by atoms with Crippen LogP contribution in [0.4, 0.5) is 10.7 Å². The van der Waals surface area contributed by atoms with E-state index < -0.39 is 15.6 Å². The highest BCUT2D eigenvalue weighted by Gasteiger charge is 2.29. The topological polar surface area (TPSA) is 127 Å². The average Bonchev–Trinajstić information content (AvgIpc) is 3.59. The lowest BCUT2D eigenvalue weighted by atomic mass is 10.0. The number of amides is 1. The zero-order valence-electron chi connectivity index (χ0n) is 27.4. The van der Waals surface area contributed by atoms with Crippen molar-refractivity contribution in [1.29, 1.82) is 0 Å². The second-order valence-electron chi connectivity index (χ2n) is 13.2. The Morgan fingerprint density at radius 1 is 0.957 bits per heavy atom. The molecule has 2 aromatic carbocycles.